The molecule has 0 bridgehead atoms. The van der Waals surface area contributed by atoms with E-state index in [0.29, 0.717) is 16.4 Å². The largest absolute Gasteiger partial charge is 0.332 e. The van der Waals surface area contributed by atoms with Crippen LogP contribution in [-0.2, 0) is 20.6 Å². The lowest BCUT2D eigenvalue weighted by Gasteiger charge is -2.11. The van der Waals surface area contributed by atoms with Crippen LogP contribution < -0.4 is 11.2 Å². The van der Waals surface area contributed by atoms with Gasteiger partial charge >= 0.3 is 5.69 Å². The highest BCUT2D eigenvalue weighted by Gasteiger charge is 2.22. The standard InChI is InChI=1S/C22H17ClFN5O2/c1-26-19-18(20(30)27(2)22(26)31)29-12-17(13-7-4-3-5-8-13)28(21(29)25-19)11-14-15(23)9-6-10-16(14)24/h3-10,12H,11H2,1-2H3. The summed E-state index contributed by atoms with van der Waals surface area (Å²) >= 11 is 6.29. The number of hydrogen-bond acceptors (Lipinski definition) is 3. The molecule has 5 aromatic rings. The molecule has 156 valence electrons. The zero-order chi connectivity index (χ0) is 21.9. The molecular weight excluding hydrogens is 421 g/mol. The number of aryl methyl sites for hydroxylation is 1. The van der Waals surface area contributed by atoms with Crippen molar-refractivity contribution in [3.63, 3.8) is 0 Å². The first-order valence-electron chi connectivity index (χ1n) is 9.54. The van der Waals surface area contributed by atoms with Gasteiger partial charge in [-0.3, -0.25) is 18.3 Å². The Bertz CT molecular complexity index is 1570. The Hall–Kier alpha value is -3.65. The Kier molecular flexibility index (Phi) is 4.33. The number of rotatable bonds is 3. The van der Waals surface area contributed by atoms with Crippen LogP contribution in [0.3, 0.4) is 0 Å². The van der Waals surface area contributed by atoms with E-state index in [9.17, 15) is 14.0 Å². The minimum absolute atomic E-state index is 0.101. The van der Waals surface area contributed by atoms with Gasteiger partial charge in [0.05, 0.1) is 12.2 Å². The van der Waals surface area contributed by atoms with Crippen molar-refractivity contribution in [2.75, 3.05) is 0 Å². The highest BCUT2D eigenvalue weighted by atomic mass is 35.5. The van der Waals surface area contributed by atoms with Crippen LogP contribution in [0.25, 0.3) is 28.2 Å². The second-order valence-electron chi connectivity index (χ2n) is 7.33. The van der Waals surface area contributed by atoms with Gasteiger partial charge in [0.25, 0.3) is 5.56 Å². The van der Waals surface area contributed by atoms with Crippen LogP contribution in [0.2, 0.25) is 5.02 Å². The molecule has 0 aliphatic rings. The van der Waals surface area contributed by atoms with E-state index in [1.807, 2.05) is 30.3 Å². The molecular formula is C22H17ClFN5O2. The smallest absolute Gasteiger partial charge is 0.305 e. The molecule has 0 aliphatic carbocycles. The van der Waals surface area contributed by atoms with Gasteiger partial charge in [-0.15, -0.1) is 0 Å². The molecule has 0 radical (unpaired) electrons. The van der Waals surface area contributed by atoms with Crippen LogP contribution in [-0.4, -0.2) is 23.1 Å². The topological polar surface area (TPSA) is 66.2 Å². The van der Waals surface area contributed by atoms with Crippen molar-refractivity contribution >= 4 is 28.5 Å². The van der Waals surface area contributed by atoms with Crippen LogP contribution in [0.1, 0.15) is 5.56 Å². The minimum atomic E-state index is -0.467. The summed E-state index contributed by atoms with van der Waals surface area (Å²) < 4.78 is 20.4. The fraction of sp³-hybridized carbons (Fsp3) is 0.136. The molecule has 2 aromatic carbocycles. The monoisotopic (exact) mass is 437 g/mol. The van der Waals surface area contributed by atoms with Crippen LogP contribution >= 0.6 is 11.6 Å². The number of benzene rings is 2. The highest BCUT2D eigenvalue weighted by molar-refractivity contribution is 6.31. The van der Waals surface area contributed by atoms with Crippen molar-refractivity contribution in [2.45, 2.75) is 6.54 Å². The molecule has 5 rings (SSSR count). The summed E-state index contributed by atoms with van der Waals surface area (Å²) in [5.74, 6) is -0.0238. The SMILES string of the molecule is Cn1c(=O)c2c(nc3n(Cc4c(F)cccc4Cl)c(-c4ccccc4)cn23)n(C)c1=O. The summed E-state index contributed by atoms with van der Waals surface area (Å²) in [5.41, 5.74) is 1.53. The lowest BCUT2D eigenvalue weighted by atomic mass is 10.1. The zero-order valence-corrected chi connectivity index (χ0v) is 17.5. The summed E-state index contributed by atoms with van der Waals surface area (Å²) in [6, 6.07) is 14.1. The number of fused-ring (bicyclic) bond motifs is 3. The normalized spacial score (nSPS) is 11.6. The van der Waals surface area contributed by atoms with E-state index in [1.54, 1.807) is 34.3 Å². The molecule has 9 heteroatoms. The zero-order valence-electron chi connectivity index (χ0n) is 16.7. The fourth-order valence-electron chi connectivity index (χ4n) is 3.85. The molecule has 31 heavy (non-hydrogen) atoms. The maximum atomic E-state index is 14.6. The van der Waals surface area contributed by atoms with Crippen LogP contribution in [0.4, 0.5) is 4.39 Å². The second-order valence-corrected chi connectivity index (χ2v) is 7.73. The Morgan fingerprint density at radius 3 is 2.45 bits per heavy atom. The van der Waals surface area contributed by atoms with Crippen LogP contribution in [0.5, 0.6) is 0 Å². The predicted octanol–water partition coefficient (Wildman–Crippen LogP) is 3.19. The van der Waals surface area contributed by atoms with Gasteiger partial charge in [-0.2, -0.15) is 4.98 Å². The first kappa shape index (κ1) is 19.3. The molecule has 0 fully saturated rings. The van der Waals surface area contributed by atoms with Gasteiger partial charge in [0.2, 0.25) is 5.78 Å². The molecule has 0 saturated carbocycles. The molecule has 0 saturated heterocycles. The predicted molar refractivity (Wildman–Crippen MR) is 117 cm³/mol. The third kappa shape index (κ3) is 2.83. The van der Waals surface area contributed by atoms with E-state index in [0.717, 1.165) is 15.8 Å². The van der Waals surface area contributed by atoms with E-state index in [-0.39, 0.29) is 17.7 Å². The first-order chi connectivity index (χ1) is 14.9. The fourth-order valence-corrected chi connectivity index (χ4v) is 4.07. The van der Waals surface area contributed by atoms with Crippen LogP contribution in [0.15, 0.2) is 64.3 Å². The molecule has 0 N–H and O–H groups in total. The van der Waals surface area contributed by atoms with Crippen LogP contribution in [0, 0.1) is 5.82 Å². The molecule has 0 atom stereocenters. The van der Waals surface area contributed by atoms with Gasteiger partial charge in [0.15, 0.2) is 11.2 Å². The van der Waals surface area contributed by atoms with E-state index in [1.165, 1.54) is 17.7 Å². The number of imidazole rings is 2. The van der Waals surface area contributed by atoms with Crippen molar-refractivity contribution in [1.29, 1.82) is 0 Å². The summed E-state index contributed by atoms with van der Waals surface area (Å²) in [6.45, 7) is 0.101. The Morgan fingerprint density at radius 2 is 1.74 bits per heavy atom. The minimum Gasteiger partial charge on any atom is -0.305 e. The molecule has 0 unspecified atom stereocenters. The highest BCUT2D eigenvalue weighted by Crippen LogP contribution is 2.28. The number of hydrogen-bond donors (Lipinski definition) is 0. The van der Waals surface area contributed by atoms with Crippen molar-refractivity contribution in [3.8, 4) is 11.3 Å². The van der Waals surface area contributed by atoms with Gasteiger partial charge in [-0.05, 0) is 17.7 Å². The molecule has 3 heterocycles. The second kappa shape index (κ2) is 6.95. The molecule has 3 aromatic heterocycles. The number of nitrogens with zero attached hydrogens (tertiary/aromatic N) is 5. The Balaban J connectivity index is 1.89. The van der Waals surface area contributed by atoms with Gasteiger partial charge in [-0.25, -0.2) is 9.18 Å². The Morgan fingerprint density at radius 1 is 1.00 bits per heavy atom. The van der Waals surface area contributed by atoms with E-state index in [2.05, 4.69) is 4.98 Å². The Labute approximate surface area is 180 Å². The average molecular weight is 438 g/mol. The molecule has 7 nitrogen and oxygen atoms in total. The summed E-state index contributed by atoms with van der Waals surface area (Å²) in [4.78, 5) is 29.8. The maximum absolute atomic E-state index is 14.6. The van der Waals surface area contributed by atoms with Crippen molar-refractivity contribution in [1.82, 2.24) is 23.1 Å². The molecule has 0 spiro atoms. The average Bonchev–Trinajstić information content (AvgIpc) is 3.31. The van der Waals surface area contributed by atoms with Gasteiger partial charge in [-0.1, -0.05) is 48.0 Å². The third-order valence-corrected chi connectivity index (χ3v) is 5.86. The van der Waals surface area contributed by atoms with Gasteiger partial charge in [0, 0.05) is 30.9 Å². The van der Waals surface area contributed by atoms with Crippen molar-refractivity contribution in [2.24, 2.45) is 14.1 Å². The number of halogens is 2. The van der Waals surface area contributed by atoms with E-state index >= 15 is 0 Å². The maximum Gasteiger partial charge on any atom is 0.332 e. The first-order valence-corrected chi connectivity index (χ1v) is 9.92. The lowest BCUT2D eigenvalue weighted by Crippen LogP contribution is -2.37. The van der Waals surface area contributed by atoms with Gasteiger partial charge in [0.1, 0.15) is 5.82 Å². The summed E-state index contributed by atoms with van der Waals surface area (Å²) in [6.07, 6.45) is 1.78. The molecule has 0 aliphatic heterocycles. The molecule has 0 amide bonds. The summed E-state index contributed by atoms with van der Waals surface area (Å²) in [7, 11) is 2.99. The number of aromatic nitrogens is 5. The van der Waals surface area contributed by atoms with Gasteiger partial charge < -0.3 is 4.57 Å². The third-order valence-electron chi connectivity index (χ3n) is 5.50. The lowest BCUT2D eigenvalue weighted by molar-refractivity contribution is 0.602. The summed E-state index contributed by atoms with van der Waals surface area (Å²) in [5, 5.41) is 0.297. The van der Waals surface area contributed by atoms with Crippen molar-refractivity contribution in [3.05, 3.63) is 92.0 Å². The quantitative estimate of drug-likeness (QED) is 0.435. The van der Waals surface area contributed by atoms with E-state index in [4.69, 9.17) is 11.6 Å². The van der Waals surface area contributed by atoms with Crippen molar-refractivity contribution < 1.29 is 4.39 Å². The van der Waals surface area contributed by atoms with E-state index < -0.39 is 17.1 Å².